The van der Waals surface area contributed by atoms with E-state index in [1.54, 1.807) is 179 Å². The van der Waals surface area contributed by atoms with Crippen LogP contribution in [0.1, 0.15) is 236 Å². The average Bonchev–Trinajstić information content (AvgIpc) is 1.62. The number of allylic oxidation sites excluding steroid dienone is 1. The Morgan fingerprint density at radius 2 is 0.823 bits per heavy atom. The van der Waals surface area contributed by atoms with E-state index in [4.69, 9.17) is 155 Å². The number of amides is 2. The van der Waals surface area contributed by atoms with Gasteiger partial charge in [0.15, 0.2) is 17.6 Å². The molecule has 3 aliphatic rings. The van der Waals surface area contributed by atoms with E-state index in [0.717, 1.165) is 35.0 Å². The van der Waals surface area contributed by atoms with Gasteiger partial charge in [0, 0.05) is 39.1 Å². The number of alkyl halides is 1. The predicted molar refractivity (Wildman–Crippen MR) is 543 cm³/mol. The minimum atomic E-state index is -1.73. The van der Waals surface area contributed by atoms with E-state index in [2.05, 4.69) is 84.6 Å². The fourth-order valence-electron chi connectivity index (χ4n) is 11.3. The van der Waals surface area contributed by atoms with E-state index in [9.17, 15) is 82.6 Å². The number of ether oxygens (including phenoxy) is 9. The number of hydrogen-bond donors (Lipinski definition) is 2. The lowest BCUT2D eigenvalue weighted by Gasteiger charge is -2.23. The Morgan fingerprint density at radius 3 is 1.23 bits per heavy atom. The zero-order valence-corrected chi connectivity index (χ0v) is 93.0. The molecule has 0 saturated heterocycles. The van der Waals surface area contributed by atoms with Crippen molar-refractivity contribution in [2.24, 2.45) is 17.8 Å². The highest BCUT2D eigenvalue weighted by atomic mass is 35.5. The molecule has 0 aromatic carbocycles. The van der Waals surface area contributed by atoms with Crippen LogP contribution in [-0.2, 0) is 111 Å². The van der Waals surface area contributed by atoms with Gasteiger partial charge in [-0.3, -0.25) is 82.6 Å². The number of anilines is 5. The highest BCUT2D eigenvalue weighted by Crippen LogP contribution is 2.47. The third-order valence-corrected chi connectivity index (χ3v) is 20.5. The van der Waals surface area contributed by atoms with Crippen LogP contribution >= 0.6 is 116 Å². The number of nitro groups is 2. The highest BCUT2D eigenvalue weighted by Gasteiger charge is 2.46. The second kappa shape index (κ2) is 59.8. The Bertz CT molecular complexity index is 5880. The van der Waals surface area contributed by atoms with Gasteiger partial charge < -0.3 is 68.4 Å². The fraction of sp³-hybridized carbons (Fsp3) is 0.522. The molecule has 3 N–H and O–H groups in total. The maximum absolute atomic E-state index is 12.4. The number of Topliss-reactive ketones (excluding diaryl/α,β-unsaturated/α-hetero) is 1. The number of likely N-dealkylation sites (N-methyl/N-ethyl adjacent to an activating group) is 3. The number of rotatable bonds is 23. The van der Waals surface area contributed by atoms with E-state index < -0.39 is 127 Å². The summed E-state index contributed by atoms with van der Waals surface area (Å²) < 4.78 is 44.3. The van der Waals surface area contributed by atoms with Crippen LogP contribution in [0.15, 0.2) is 54.0 Å². The van der Waals surface area contributed by atoms with Crippen LogP contribution in [0.3, 0.4) is 0 Å². The number of carbonyl (C=O) groups is 13. The molecule has 0 fully saturated rings. The van der Waals surface area contributed by atoms with Crippen LogP contribution in [0.25, 0.3) is 0 Å². The SMILES string of the molecule is CC(C)=C(Cl)C1c2nc(Cl)ncc2N(C)C1Cl.CC(C)C(=O)C1C(=O)N(C)c2cnc(Cl)nc21.CC(C)C(=O)OC(=O)C(C)C.CCOC(=O)C(C(=O)OC(C)(C)C)c1nc(Cl)ncc1N.CCOC(=O)C(C(=O)OC(C)(C)C)c1nc(Cl)ncc1NC.CCOC(=O)C(C(=O)OC(C)(C)C)c1nc(Cl)ncc1[N+](=O)[O-].CCOC(=O)CC(=O)OC(C)(C)C.CN1C(=O)Cc2nc(Cl)ncc21.O=[N+]([O-])c1cnc(Cl)nc1Cl. The summed E-state index contributed by atoms with van der Waals surface area (Å²) in [6, 6.07) is 0. The van der Waals surface area contributed by atoms with Crippen molar-refractivity contribution in [3.05, 3.63) is 151 Å². The first-order valence-electron chi connectivity index (χ1n) is 44.0. The number of aromatic nitrogens is 14. The van der Waals surface area contributed by atoms with Gasteiger partial charge in [-0.25, -0.2) is 64.8 Å². The number of nitrogens with two attached hydrogens (primary N) is 1. The minimum Gasteiger partial charge on any atom is -0.466 e. The van der Waals surface area contributed by atoms with Crippen molar-refractivity contribution in [1.29, 1.82) is 0 Å². The molecule has 10 rings (SSSR count). The number of ketones is 1. The topological polar surface area (TPSA) is 619 Å². The van der Waals surface area contributed by atoms with Gasteiger partial charge in [0.2, 0.25) is 59.9 Å². The average molecular weight is 2260 g/mol. The number of halogens is 10. The van der Waals surface area contributed by atoms with E-state index in [0.29, 0.717) is 34.2 Å². The first-order chi connectivity index (χ1) is 67.9. The van der Waals surface area contributed by atoms with E-state index in [1.165, 1.54) is 35.3 Å². The second-order valence-electron chi connectivity index (χ2n) is 35.3. The van der Waals surface area contributed by atoms with Gasteiger partial charge in [0.25, 0.3) is 0 Å². The van der Waals surface area contributed by atoms with Crippen LogP contribution in [0, 0.1) is 38.0 Å². The van der Waals surface area contributed by atoms with Gasteiger partial charge in [0.1, 0.15) is 58.3 Å². The molecule has 0 saturated carbocycles. The molecule has 3 aliphatic heterocycles. The Labute approximate surface area is 896 Å². The van der Waals surface area contributed by atoms with Crippen LogP contribution in [-0.4, -0.2) is 239 Å². The molecule has 0 spiro atoms. The molecule has 0 bridgehead atoms. The molecule has 0 aliphatic carbocycles. The largest absolute Gasteiger partial charge is 0.466 e. The van der Waals surface area contributed by atoms with Gasteiger partial charge in [-0.15, -0.1) is 0 Å². The van der Waals surface area contributed by atoms with Gasteiger partial charge in [-0.2, -0.15) is 4.98 Å². The van der Waals surface area contributed by atoms with Crippen molar-refractivity contribution in [2.75, 3.05) is 80.4 Å². The maximum atomic E-state index is 12.4. The Morgan fingerprint density at radius 1 is 0.456 bits per heavy atom. The third kappa shape index (κ3) is 43.0. The second-order valence-corrected chi connectivity index (χ2v) is 38.9. The highest BCUT2D eigenvalue weighted by molar-refractivity contribution is 6.34. The number of nitrogens with zero attached hydrogens (tertiary/aromatic N) is 19. The van der Waals surface area contributed by atoms with Crippen molar-refractivity contribution in [1.82, 2.24) is 69.8 Å². The normalized spacial score (nSPS) is 14.1. The minimum absolute atomic E-state index is 0.0231. The third-order valence-electron chi connectivity index (χ3n) is 17.8. The summed E-state index contributed by atoms with van der Waals surface area (Å²) in [5.41, 5.74) is 6.71. The first kappa shape index (κ1) is 131. The Balaban J connectivity index is 0.000000565. The number of nitrogens with one attached hydrogen (secondary N) is 1. The summed E-state index contributed by atoms with van der Waals surface area (Å²) >= 11 is 57.6. The zero-order chi connectivity index (χ0) is 113. The van der Waals surface area contributed by atoms with Crippen LogP contribution in [0.5, 0.6) is 0 Å². The van der Waals surface area contributed by atoms with Gasteiger partial charge >= 0.3 is 71.1 Å². The predicted octanol–water partition coefficient (Wildman–Crippen LogP) is 16.1. The smallest absolute Gasteiger partial charge is 0.327 e. The zero-order valence-electron chi connectivity index (χ0n) is 85.4. The van der Waals surface area contributed by atoms with Crippen molar-refractivity contribution in [3.8, 4) is 0 Å². The van der Waals surface area contributed by atoms with Gasteiger partial charge in [0.05, 0.1) is 148 Å². The van der Waals surface area contributed by atoms with Gasteiger partial charge in [-0.1, -0.05) is 81.9 Å². The quantitative estimate of drug-likeness (QED) is 0.00691. The number of fused-ring (bicyclic) bond motifs is 3. The lowest BCUT2D eigenvalue weighted by Crippen LogP contribution is -2.33. The lowest BCUT2D eigenvalue weighted by atomic mass is 9.93. The van der Waals surface area contributed by atoms with E-state index in [1.807, 2.05) is 25.8 Å². The lowest BCUT2D eigenvalue weighted by molar-refractivity contribution is -0.386. The monoisotopic (exact) mass is 2260 g/mol. The summed E-state index contributed by atoms with van der Waals surface area (Å²) in [6.45, 7) is 41.4. The Kier molecular flexibility index (Phi) is 53.3. The molecule has 57 heteroatoms. The summed E-state index contributed by atoms with van der Waals surface area (Å²) in [6.07, 6.45) is 9.11. The molecule has 6 atom stereocenters. The summed E-state index contributed by atoms with van der Waals surface area (Å²) in [5.74, 6) is -13.7. The molecule has 806 valence electrons. The molecule has 2 amide bonds. The fourth-order valence-corrected chi connectivity index (χ4v) is 13.2. The molecular weight excluding hydrogens is 2150 g/mol. The van der Waals surface area contributed by atoms with Crippen molar-refractivity contribution < 1.29 is 115 Å². The molecule has 0 radical (unpaired) electrons. The molecule has 47 nitrogen and oxygen atoms in total. The van der Waals surface area contributed by atoms with E-state index >= 15 is 0 Å². The standard InChI is InChI=1S/C14H20ClN3O4.C13H16ClN3O6.C13H18ClN3O4.C11H12Cl3N3.C11H12ClN3O2.C9H16O4.C8H14O3.C7H6ClN3O.C4HCl2N3O2/c1-6-21-11(19)9(12(20)22-14(2,3)4)10-8(16-5)7-17-13(15)18-10;1-5-22-10(18)8(11(19)23-13(2,3)4)9-7(17(20)21)6-15-12(14)16-9;1-5-20-10(18)8(11(19)21-13(2,3)4)9-7(15)6-16-12(14)17-9;1-5(2)8(12)7-9-6(17(3)10(7)13)4-15-11(14)16-9;1-5(2)9(16)7-8-6(15(3)10(7)17)4-13-11(12)14-8;1-5-12-7(10)6-8(11)13-9(2,3)4;1-5(2)7(9)11-8(10)6(3)4;1-11-5-3-9-7(8)10-4(5)2-6(11)12;5-3-2(9(10)11)1-7-4(6)8-3/h7,9,16H,6H2,1-5H3;6,8H,5H2,1-4H3;6,8H,5,15H2,1-4H3;4,7,10H,1-3H3;4-5,7H,1-3H3;5-6H2,1-4H3;5-6H,1-4H3;3H,2H2,1H3;1H. The molecule has 7 aromatic rings. The molecule has 147 heavy (non-hydrogen) atoms. The molecule has 7 aromatic heterocycles. The number of esters is 10. The van der Waals surface area contributed by atoms with Crippen molar-refractivity contribution >= 4 is 233 Å². The van der Waals surface area contributed by atoms with Crippen molar-refractivity contribution in [2.45, 2.75) is 237 Å². The van der Waals surface area contributed by atoms with Crippen LogP contribution in [0.2, 0.25) is 42.1 Å². The molecule has 6 unspecified atom stereocenters. The first-order valence-corrected chi connectivity index (χ1v) is 47.8. The summed E-state index contributed by atoms with van der Waals surface area (Å²) in [7, 11) is 6.81. The maximum Gasteiger partial charge on any atom is 0.327 e. The number of nitrogen functional groups attached to an aromatic ring is 1. The molecule has 10 heterocycles. The summed E-state index contributed by atoms with van der Waals surface area (Å²) in [4.78, 5) is 230. The van der Waals surface area contributed by atoms with Gasteiger partial charge in [-0.05, 0) is 206 Å². The summed E-state index contributed by atoms with van der Waals surface area (Å²) in [5, 5.41) is 24.3. The van der Waals surface area contributed by atoms with Crippen LogP contribution in [0.4, 0.5) is 39.8 Å². The Hall–Kier alpha value is -12.1. The van der Waals surface area contributed by atoms with Crippen molar-refractivity contribution in [3.63, 3.8) is 0 Å². The number of carbonyl (C=O) groups excluding carboxylic acids is 13. The number of hydrogen-bond acceptors (Lipinski definition) is 43. The molecular formula is C90H115Cl10N21O26. The van der Waals surface area contributed by atoms with Crippen LogP contribution < -0.4 is 25.8 Å². The van der Waals surface area contributed by atoms with E-state index in [-0.39, 0.29) is 145 Å².